The number of amides is 1. The van der Waals surface area contributed by atoms with Crippen LogP contribution in [0, 0.1) is 0 Å². The van der Waals surface area contributed by atoms with Gasteiger partial charge in [-0.05, 0) is 20.9 Å². The lowest BCUT2D eigenvalue weighted by Gasteiger charge is -2.41. The second kappa shape index (κ2) is 4.92. The van der Waals surface area contributed by atoms with E-state index >= 15 is 0 Å². The van der Waals surface area contributed by atoms with Crippen molar-refractivity contribution in [2.24, 2.45) is 0 Å². The molecule has 5 heteroatoms. The minimum Gasteiger partial charge on any atom is -0.363 e. The van der Waals surface area contributed by atoms with Crippen LogP contribution >= 0.6 is 0 Å². The van der Waals surface area contributed by atoms with Crippen molar-refractivity contribution in [3.05, 3.63) is 0 Å². The summed E-state index contributed by atoms with van der Waals surface area (Å²) in [6.07, 6.45) is 0. The fraction of sp³-hybridized carbons (Fsp3) is 0.917. The number of hydrogen-bond acceptors (Lipinski definition) is 4. The summed E-state index contributed by atoms with van der Waals surface area (Å²) in [5, 5.41) is 3.16. The van der Waals surface area contributed by atoms with E-state index in [9.17, 15) is 4.79 Å². The van der Waals surface area contributed by atoms with Gasteiger partial charge in [-0.2, -0.15) is 0 Å². The summed E-state index contributed by atoms with van der Waals surface area (Å²) < 4.78 is 5.68. The molecule has 2 aliphatic heterocycles. The van der Waals surface area contributed by atoms with Crippen LogP contribution < -0.4 is 5.32 Å². The van der Waals surface area contributed by atoms with E-state index < -0.39 is 0 Å². The molecular formula is C12H23N3O2. The smallest absolute Gasteiger partial charge is 0.248 e. The average molecular weight is 241 g/mol. The molecule has 0 aliphatic carbocycles. The molecule has 0 aromatic rings. The summed E-state index contributed by atoms with van der Waals surface area (Å²) in [6.45, 7) is 8.69. The maximum Gasteiger partial charge on any atom is 0.248 e. The first-order valence-electron chi connectivity index (χ1n) is 6.33. The van der Waals surface area contributed by atoms with Gasteiger partial charge in [0.25, 0.3) is 0 Å². The lowest BCUT2D eigenvalue weighted by Crippen LogP contribution is -2.60. The topological polar surface area (TPSA) is 44.8 Å². The molecule has 0 aromatic carbocycles. The zero-order valence-electron chi connectivity index (χ0n) is 11.0. The third-order valence-corrected chi connectivity index (χ3v) is 3.85. The highest BCUT2D eigenvalue weighted by atomic mass is 16.5. The SMILES string of the molecule is CC1CN(C(=O)COC2(C)CNC2)CCN1C. The maximum absolute atomic E-state index is 12.0. The van der Waals surface area contributed by atoms with Crippen molar-refractivity contribution < 1.29 is 9.53 Å². The Hall–Kier alpha value is -0.650. The van der Waals surface area contributed by atoms with Crippen molar-refractivity contribution in [1.29, 1.82) is 0 Å². The lowest BCUT2D eigenvalue weighted by molar-refractivity contribution is -0.148. The van der Waals surface area contributed by atoms with Gasteiger partial charge in [0.05, 0.1) is 5.60 Å². The van der Waals surface area contributed by atoms with Crippen molar-refractivity contribution in [3.8, 4) is 0 Å². The molecule has 0 aromatic heterocycles. The van der Waals surface area contributed by atoms with Gasteiger partial charge < -0.3 is 19.9 Å². The summed E-state index contributed by atoms with van der Waals surface area (Å²) in [5.74, 6) is 0.123. The molecule has 2 aliphatic rings. The Morgan fingerprint density at radius 1 is 1.47 bits per heavy atom. The monoisotopic (exact) mass is 241 g/mol. The van der Waals surface area contributed by atoms with E-state index in [2.05, 4.69) is 24.2 Å². The molecule has 17 heavy (non-hydrogen) atoms. The Bertz CT molecular complexity index is 291. The summed E-state index contributed by atoms with van der Waals surface area (Å²) in [6, 6.07) is 0.439. The van der Waals surface area contributed by atoms with Crippen LogP contribution in [0.3, 0.4) is 0 Å². The van der Waals surface area contributed by atoms with Crippen LogP contribution in [0.4, 0.5) is 0 Å². The quantitative estimate of drug-likeness (QED) is 0.725. The third-order valence-electron chi connectivity index (χ3n) is 3.85. The highest BCUT2D eigenvalue weighted by Crippen LogP contribution is 2.15. The van der Waals surface area contributed by atoms with Crippen molar-refractivity contribution in [2.45, 2.75) is 25.5 Å². The normalized spacial score (nSPS) is 28.9. The largest absolute Gasteiger partial charge is 0.363 e. The second-order valence-corrected chi connectivity index (χ2v) is 5.51. The Labute approximate surface area is 103 Å². The van der Waals surface area contributed by atoms with Crippen LogP contribution in [0.25, 0.3) is 0 Å². The van der Waals surface area contributed by atoms with Gasteiger partial charge >= 0.3 is 0 Å². The molecule has 0 saturated carbocycles. The van der Waals surface area contributed by atoms with Crippen LogP contribution in [0.15, 0.2) is 0 Å². The number of carbonyl (C=O) groups is 1. The van der Waals surface area contributed by atoms with E-state index in [-0.39, 0.29) is 18.1 Å². The van der Waals surface area contributed by atoms with Gasteiger partial charge in [-0.1, -0.05) is 0 Å². The van der Waals surface area contributed by atoms with Gasteiger partial charge in [-0.25, -0.2) is 0 Å². The minimum atomic E-state index is -0.131. The number of ether oxygens (including phenoxy) is 1. The predicted octanol–water partition coefficient (Wildman–Crippen LogP) is -0.473. The third kappa shape index (κ3) is 2.97. The molecule has 1 N–H and O–H groups in total. The van der Waals surface area contributed by atoms with E-state index in [4.69, 9.17) is 4.74 Å². The number of rotatable bonds is 3. The molecule has 2 rings (SSSR count). The number of nitrogens with one attached hydrogen (secondary N) is 1. The molecule has 98 valence electrons. The molecule has 0 spiro atoms. The molecule has 2 heterocycles. The van der Waals surface area contributed by atoms with E-state index in [0.29, 0.717) is 6.04 Å². The Morgan fingerprint density at radius 2 is 2.18 bits per heavy atom. The summed E-state index contributed by atoms with van der Waals surface area (Å²) >= 11 is 0. The zero-order chi connectivity index (χ0) is 12.5. The van der Waals surface area contributed by atoms with Crippen molar-refractivity contribution >= 4 is 5.91 Å². The van der Waals surface area contributed by atoms with Crippen molar-refractivity contribution in [3.63, 3.8) is 0 Å². The molecule has 0 bridgehead atoms. The molecule has 0 radical (unpaired) electrons. The molecule has 5 nitrogen and oxygen atoms in total. The number of likely N-dealkylation sites (N-methyl/N-ethyl adjacent to an activating group) is 1. The molecule has 1 unspecified atom stereocenters. The average Bonchev–Trinajstić information content (AvgIpc) is 2.27. The first-order chi connectivity index (χ1) is 8.00. The van der Waals surface area contributed by atoms with E-state index in [1.165, 1.54) is 0 Å². The fourth-order valence-corrected chi connectivity index (χ4v) is 2.18. The van der Waals surface area contributed by atoms with E-state index in [1.54, 1.807) is 0 Å². The minimum absolute atomic E-state index is 0.123. The first-order valence-corrected chi connectivity index (χ1v) is 6.33. The molecule has 1 amide bonds. The van der Waals surface area contributed by atoms with Gasteiger partial charge in [0.1, 0.15) is 6.61 Å². The van der Waals surface area contributed by atoms with Crippen LogP contribution in [0.1, 0.15) is 13.8 Å². The Balaban J connectivity index is 1.76. The lowest BCUT2D eigenvalue weighted by atomic mass is 10.0. The zero-order valence-corrected chi connectivity index (χ0v) is 11.0. The van der Waals surface area contributed by atoms with Gasteiger partial charge in [0.2, 0.25) is 5.91 Å². The molecule has 2 fully saturated rings. The van der Waals surface area contributed by atoms with E-state index in [1.807, 2.05) is 11.8 Å². The molecule has 2 saturated heterocycles. The fourth-order valence-electron chi connectivity index (χ4n) is 2.18. The van der Waals surface area contributed by atoms with Crippen molar-refractivity contribution in [1.82, 2.24) is 15.1 Å². The number of piperazine rings is 1. The van der Waals surface area contributed by atoms with Crippen LogP contribution in [-0.4, -0.2) is 73.7 Å². The molecular weight excluding hydrogens is 218 g/mol. The van der Waals surface area contributed by atoms with Crippen LogP contribution in [0.5, 0.6) is 0 Å². The highest BCUT2D eigenvalue weighted by molar-refractivity contribution is 5.77. The second-order valence-electron chi connectivity index (χ2n) is 5.51. The maximum atomic E-state index is 12.0. The number of hydrogen-bond donors (Lipinski definition) is 1. The summed E-state index contributed by atoms with van der Waals surface area (Å²) in [7, 11) is 2.10. The van der Waals surface area contributed by atoms with Gasteiger partial charge in [0.15, 0.2) is 0 Å². The van der Waals surface area contributed by atoms with Gasteiger partial charge in [-0.15, -0.1) is 0 Å². The summed E-state index contributed by atoms with van der Waals surface area (Å²) in [5.41, 5.74) is -0.131. The molecule has 1 atom stereocenters. The standard InChI is InChI=1S/C12H23N3O2/c1-10-6-15(5-4-14(10)3)11(16)7-17-12(2)8-13-9-12/h10,13H,4-9H2,1-3H3. The number of nitrogens with zero attached hydrogens (tertiary/aromatic N) is 2. The van der Waals surface area contributed by atoms with Gasteiger partial charge in [-0.3, -0.25) is 4.79 Å². The summed E-state index contributed by atoms with van der Waals surface area (Å²) in [4.78, 5) is 16.2. The van der Waals surface area contributed by atoms with Crippen LogP contribution in [0.2, 0.25) is 0 Å². The Kier molecular flexibility index (Phi) is 3.70. The van der Waals surface area contributed by atoms with Gasteiger partial charge in [0, 0.05) is 38.8 Å². The van der Waals surface area contributed by atoms with E-state index in [0.717, 1.165) is 32.7 Å². The Morgan fingerprint density at radius 3 is 2.71 bits per heavy atom. The van der Waals surface area contributed by atoms with Crippen LogP contribution in [-0.2, 0) is 9.53 Å². The first kappa shape index (κ1) is 12.8. The number of carbonyl (C=O) groups excluding carboxylic acids is 1. The highest BCUT2D eigenvalue weighted by Gasteiger charge is 2.34. The van der Waals surface area contributed by atoms with Crippen molar-refractivity contribution in [2.75, 3.05) is 46.4 Å². The predicted molar refractivity (Wildman–Crippen MR) is 65.9 cm³/mol.